The van der Waals surface area contributed by atoms with Gasteiger partial charge in [-0.25, -0.2) is 0 Å². The number of benzene rings is 2. The summed E-state index contributed by atoms with van der Waals surface area (Å²) in [7, 11) is 0. The molecule has 90 valence electrons. The zero-order valence-electron chi connectivity index (χ0n) is 9.71. The Balaban J connectivity index is 1.69. The van der Waals surface area contributed by atoms with Crippen LogP contribution in [0.1, 0.15) is 5.56 Å². The van der Waals surface area contributed by atoms with Crippen LogP contribution < -0.4 is 9.47 Å². The van der Waals surface area contributed by atoms with Gasteiger partial charge in [0, 0.05) is 4.90 Å². The van der Waals surface area contributed by atoms with E-state index in [4.69, 9.17) is 9.47 Å². The van der Waals surface area contributed by atoms with Gasteiger partial charge in [0.1, 0.15) is 0 Å². The minimum absolute atomic E-state index is 0.321. The maximum Gasteiger partial charge on any atom is 0.231 e. The van der Waals surface area contributed by atoms with Crippen LogP contribution >= 0.6 is 11.8 Å². The van der Waals surface area contributed by atoms with E-state index >= 15 is 0 Å². The van der Waals surface area contributed by atoms with Crippen molar-refractivity contribution in [2.45, 2.75) is 4.90 Å². The summed E-state index contributed by atoms with van der Waals surface area (Å²) in [6, 6.07) is 16.2. The average Bonchev–Trinajstić information content (AvgIpc) is 2.87. The molecule has 0 saturated heterocycles. The lowest BCUT2D eigenvalue weighted by Gasteiger charge is -1.98. The molecule has 0 N–H and O–H groups in total. The maximum absolute atomic E-state index is 5.34. The molecule has 1 heterocycles. The predicted molar refractivity (Wildman–Crippen MR) is 73.9 cm³/mol. The molecule has 0 saturated carbocycles. The highest BCUT2D eigenvalue weighted by Crippen LogP contribution is 2.33. The number of hydrogen-bond donors (Lipinski definition) is 0. The van der Waals surface area contributed by atoms with E-state index < -0.39 is 0 Å². The predicted octanol–water partition coefficient (Wildman–Crippen LogP) is 4.18. The van der Waals surface area contributed by atoms with Crippen LogP contribution in [0.5, 0.6) is 11.5 Å². The van der Waals surface area contributed by atoms with Crippen LogP contribution in [-0.4, -0.2) is 6.79 Å². The van der Waals surface area contributed by atoms with Gasteiger partial charge < -0.3 is 9.47 Å². The van der Waals surface area contributed by atoms with Crippen molar-refractivity contribution in [3.63, 3.8) is 0 Å². The molecule has 3 rings (SSSR count). The summed E-state index contributed by atoms with van der Waals surface area (Å²) < 4.78 is 10.6. The molecule has 2 aromatic carbocycles. The van der Waals surface area contributed by atoms with Gasteiger partial charge in [-0.3, -0.25) is 0 Å². The molecule has 0 unspecified atom stereocenters. The van der Waals surface area contributed by atoms with E-state index in [1.807, 2.05) is 36.4 Å². The van der Waals surface area contributed by atoms with Crippen LogP contribution in [0.3, 0.4) is 0 Å². The monoisotopic (exact) mass is 256 g/mol. The molecule has 0 fully saturated rings. The number of fused-ring (bicyclic) bond motifs is 1. The first-order valence-electron chi connectivity index (χ1n) is 5.70. The molecule has 0 aliphatic carbocycles. The molecule has 0 amide bonds. The molecule has 1 aliphatic rings. The molecular formula is C15H12O2S. The summed E-state index contributed by atoms with van der Waals surface area (Å²) in [5.41, 5.74) is 1.11. The highest BCUT2D eigenvalue weighted by atomic mass is 32.2. The van der Waals surface area contributed by atoms with Crippen LogP contribution in [0.4, 0.5) is 0 Å². The van der Waals surface area contributed by atoms with Crippen LogP contribution in [0.2, 0.25) is 0 Å². The van der Waals surface area contributed by atoms with Crippen molar-refractivity contribution < 1.29 is 9.47 Å². The largest absolute Gasteiger partial charge is 0.454 e. The Morgan fingerprint density at radius 3 is 2.67 bits per heavy atom. The first-order valence-corrected chi connectivity index (χ1v) is 6.58. The molecule has 1 aliphatic heterocycles. The van der Waals surface area contributed by atoms with Crippen LogP contribution in [0.25, 0.3) is 6.08 Å². The molecule has 3 heteroatoms. The second kappa shape index (κ2) is 5.19. The van der Waals surface area contributed by atoms with Crippen molar-refractivity contribution >= 4 is 17.8 Å². The second-order valence-electron chi connectivity index (χ2n) is 3.85. The standard InChI is InChI=1S/C15H12O2S/c1-2-4-13(5-3-1)18-9-8-12-6-7-14-15(10-12)17-11-16-14/h1-10H,11H2/b9-8-. The number of ether oxygens (including phenoxy) is 2. The van der Waals surface area contributed by atoms with E-state index in [2.05, 4.69) is 23.6 Å². The third kappa shape index (κ3) is 2.51. The van der Waals surface area contributed by atoms with E-state index in [0.717, 1.165) is 17.1 Å². The van der Waals surface area contributed by atoms with Gasteiger partial charge in [0.15, 0.2) is 11.5 Å². The summed E-state index contributed by atoms with van der Waals surface area (Å²) >= 11 is 1.70. The number of hydrogen-bond acceptors (Lipinski definition) is 3. The maximum atomic E-state index is 5.34. The lowest BCUT2D eigenvalue weighted by molar-refractivity contribution is 0.174. The van der Waals surface area contributed by atoms with Gasteiger partial charge in [-0.2, -0.15) is 0 Å². The lowest BCUT2D eigenvalue weighted by atomic mass is 10.2. The first kappa shape index (κ1) is 11.2. The fourth-order valence-electron chi connectivity index (χ4n) is 1.71. The van der Waals surface area contributed by atoms with Crippen LogP contribution in [0, 0.1) is 0 Å². The van der Waals surface area contributed by atoms with Gasteiger partial charge in [0.25, 0.3) is 0 Å². The molecule has 2 nitrogen and oxygen atoms in total. The van der Waals surface area contributed by atoms with Gasteiger partial charge in [-0.05, 0) is 41.3 Å². The Morgan fingerprint density at radius 1 is 0.944 bits per heavy atom. The van der Waals surface area contributed by atoms with Crippen molar-refractivity contribution in [1.29, 1.82) is 0 Å². The fourth-order valence-corrected chi connectivity index (χ4v) is 2.40. The topological polar surface area (TPSA) is 18.5 Å². The van der Waals surface area contributed by atoms with Crippen molar-refractivity contribution in [1.82, 2.24) is 0 Å². The SMILES string of the molecule is C(=C/c1ccc2c(c1)OCO2)/Sc1ccccc1. The molecule has 0 bridgehead atoms. The summed E-state index contributed by atoms with van der Waals surface area (Å²) in [5.74, 6) is 1.64. The summed E-state index contributed by atoms with van der Waals surface area (Å²) in [6.07, 6.45) is 2.07. The van der Waals surface area contributed by atoms with Gasteiger partial charge >= 0.3 is 0 Å². The molecular weight excluding hydrogens is 244 g/mol. The first-order chi connectivity index (χ1) is 8.92. The normalized spacial score (nSPS) is 13.1. The zero-order valence-corrected chi connectivity index (χ0v) is 10.5. The van der Waals surface area contributed by atoms with E-state index in [-0.39, 0.29) is 0 Å². The van der Waals surface area contributed by atoms with E-state index in [1.165, 1.54) is 4.90 Å². The summed E-state index contributed by atoms with van der Waals surface area (Å²) in [4.78, 5) is 1.23. The highest BCUT2D eigenvalue weighted by Gasteiger charge is 2.11. The number of rotatable bonds is 3. The minimum Gasteiger partial charge on any atom is -0.454 e. The lowest BCUT2D eigenvalue weighted by Crippen LogP contribution is -1.92. The van der Waals surface area contributed by atoms with E-state index in [9.17, 15) is 0 Å². The Hall–Kier alpha value is -1.87. The molecule has 0 aromatic heterocycles. The van der Waals surface area contributed by atoms with Crippen molar-refractivity contribution in [2.24, 2.45) is 0 Å². The minimum atomic E-state index is 0.321. The quantitative estimate of drug-likeness (QED) is 0.768. The van der Waals surface area contributed by atoms with Gasteiger partial charge in [-0.1, -0.05) is 36.0 Å². The Morgan fingerprint density at radius 2 is 1.78 bits per heavy atom. The molecule has 0 spiro atoms. The van der Waals surface area contributed by atoms with Gasteiger partial charge in [0.05, 0.1) is 0 Å². The van der Waals surface area contributed by atoms with Crippen molar-refractivity contribution in [3.8, 4) is 11.5 Å². The molecule has 2 aromatic rings. The Labute approximate surface area is 110 Å². The highest BCUT2D eigenvalue weighted by molar-refractivity contribution is 8.02. The third-order valence-electron chi connectivity index (χ3n) is 2.60. The molecule has 0 atom stereocenters. The smallest absolute Gasteiger partial charge is 0.231 e. The van der Waals surface area contributed by atoms with Gasteiger partial charge in [0.2, 0.25) is 6.79 Å². The molecule has 0 radical (unpaired) electrons. The van der Waals surface area contributed by atoms with E-state index in [1.54, 1.807) is 11.8 Å². The number of thioether (sulfide) groups is 1. The zero-order chi connectivity index (χ0) is 12.2. The Bertz CT molecular complexity index is 564. The summed E-state index contributed by atoms with van der Waals surface area (Å²) in [6.45, 7) is 0.321. The van der Waals surface area contributed by atoms with Crippen molar-refractivity contribution in [2.75, 3.05) is 6.79 Å². The van der Waals surface area contributed by atoms with Crippen LogP contribution in [0.15, 0.2) is 58.8 Å². The second-order valence-corrected chi connectivity index (χ2v) is 4.83. The Kier molecular flexibility index (Phi) is 3.24. The van der Waals surface area contributed by atoms with Gasteiger partial charge in [-0.15, -0.1) is 0 Å². The average molecular weight is 256 g/mol. The third-order valence-corrected chi connectivity index (χ3v) is 3.42. The van der Waals surface area contributed by atoms with E-state index in [0.29, 0.717) is 6.79 Å². The summed E-state index contributed by atoms with van der Waals surface area (Å²) in [5, 5.41) is 2.08. The molecule has 18 heavy (non-hydrogen) atoms. The van der Waals surface area contributed by atoms with Crippen LogP contribution in [-0.2, 0) is 0 Å². The fraction of sp³-hybridized carbons (Fsp3) is 0.0667. The van der Waals surface area contributed by atoms with Crippen molar-refractivity contribution in [3.05, 3.63) is 59.5 Å².